The van der Waals surface area contributed by atoms with E-state index in [9.17, 15) is 19.5 Å². The molecule has 0 bridgehead atoms. The summed E-state index contributed by atoms with van der Waals surface area (Å²) in [5.74, 6) is -1.63. The normalized spacial score (nSPS) is 11.5. The third-order valence-electron chi connectivity index (χ3n) is 2.94. The van der Waals surface area contributed by atoms with Crippen LogP contribution < -0.4 is 10.6 Å². The largest absolute Gasteiger partial charge is 0.479 e. The van der Waals surface area contributed by atoms with Gasteiger partial charge in [0.25, 0.3) is 0 Å². The molecular formula is C15H19BrN2O4. The maximum atomic E-state index is 11.8. The van der Waals surface area contributed by atoms with Gasteiger partial charge < -0.3 is 15.7 Å². The van der Waals surface area contributed by atoms with E-state index in [1.54, 1.807) is 24.3 Å². The van der Waals surface area contributed by atoms with Crippen LogP contribution in [0.2, 0.25) is 0 Å². The zero-order chi connectivity index (χ0) is 16.5. The lowest BCUT2D eigenvalue weighted by atomic mass is 10.1. The summed E-state index contributed by atoms with van der Waals surface area (Å²) in [4.78, 5) is 34.4. The molecule has 0 heterocycles. The number of nitrogens with one attached hydrogen (secondary N) is 2. The molecule has 0 saturated heterocycles. The van der Waals surface area contributed by atoms with Crippen molar-refractivity contribution in [2.45, 2.75) is 32.2 Å². The Labute approximate surface area is 137 Å². The van der Waals surface area contributed by atoms with E-state index in [1.165, 1.54) is 0 Å². The smallest absolute Gasteiger partial charge is 0.330 e. The van der Waals surface area contributed by atoms with E-state index >= 15 is 0 Å². The molecule has 0 spiro atoms. The molecule has 0 aromatic heterocycles. The third kappa shape index (κ3) is 6.26. The van der Waals surface area contributed by atoms with Gasteiger partial charge in [0.1, 0.15) is 0 Å². The lowest BCUT2D eigenvalue weighted by molar-refractivity contribution is -0.142. The lowest BCUT2D eigenvalue weighted by Crippen LogP contribution is -2.33. The van der Waals surface area contributed by atoms with Gasteiger partial charge in [-0.2, -0.15) is 0 Å². The Morgan fingerprint density at radius 2 is 1.73 bits per heavy atom. The van der Waals surface area contributed by atoms with Crippen LogP contribution in [0.3, 0.4) is 0 Å². The van der Waals surface area contributed by atoms with Gasteiger partial charge >= 0.3 is 5.97 Å². The molecule has 0 fully saturated rings. The van der Waals surface area contributed by atoms with Crippen LogP contribution in [0, 0.1) is 0 Å². The van der Waals surface area contributed by atoms with Crippen molar-refractivity contribution < 1.29 is 19.5 Å². The second-order valence-corrected chi connectivity index (χ2v) is 5.61. The van der Waals surface area contributed by atoms with E-state index in [4.69, 9.17) is 0 Å². The summed E-state index contributed by atoms with van der Waals surface area (Å²) in [6.45, 7) is 2.37. The summed E-state index contributed by atoms with van der Waals surface area (Å²) in [5, 5.41) is 14.4. The Morgan fingerprint density at radius 1 is 1.14 bits per heavy atom. The van der Waals surface area contributed by atoms with E-state index in [-0.39, 0.29) is 24.7 Å². The molecule has 0 aliphatic carbocycles. The number of carbonyl (C=O) groups is 3. The first kappa shape index (κ1) is 18.2. The zero-order valence-corrected chi connectivity index (χ0v) is 13.9. The van der Waals surface area contributed by atoms with Crippen LogP contribution in [-0.4, -0.2) is 29.4 Å². The van der Waals surface area contributed by atoms with E-state index in [0.717, 1.165) is 4.47 Å². The van der Waals surface area contributed by atoms with Crippen molar-refractivity contribution in [2.75, 3.05) is 6.54 Å². The summed E-state index contributed by atoms with van der Waals surface area (Å²) in [7, 11) is 0. The summed E-state index contributed by atoms with van der Waals surface area (Å²) in [6.07, 6.45) is 0.735. The highest BCUT2D eigenvalue weighted by molar-refractivity contribution is 9.10. The number of rotatable bonds is 8. The van der Waals surface area contributed by atoms with Gasteiger partial charge in [-0.3, -0.25) is 9.59 Å². The SMILES string of the molecule is CCNC(=O)CCCC(=O)NC(C(=O)O)c1ccc(Br)cc1. The fourth-order valence-electron chi connectivity index (χ4n) is 1.87. The third-order valence-corrected chi connectivity index (χ3v) is 3.47. The molecule has 1 atom stereocenters. The molecule has 0 radical (unpaired) electrons. The molecule has 1 unspecified atom stereocenters. The van der Waals surface area contributed by atoms with Crippen LogP contribution in [-0.2, 0) is 14.4 Å². The number of hydrogen-bond acceptors (Lipinski definition) is 3. The van der Waals surface area contributed by atoms with Gasteiger partial charge in [0, 0.05) is 23.9 Å². The molecule has 1 aromatic carbocycles. The summed E-state index contributed by atoms with van der Waals surface area (Å²) in [5.41, 5.74) is 0.493. The van der Waals surface area contributed by atoms with Crippen molar-refractivity contribution >= 4 is 33.7 Å². The monoisotopic (exact) mass is 370 g/mol. The van der Waals surface area contributed by atoms with E-state index < -0.39 is 12.0 Å². The molecule has 2 amide bonds. The molecule has 7 heteroatoms. The lowest BCUT2D eigenvalue weighted by Gasteiger charge is -2.15. The number of hydrogen-bond donors (Lipinski definition) is 3. The first-order valence-corrected chi connectivity index (χ1v) is 7.77. The molecule has 6 nitrogen and oxygen atoms in total. The molecule has 0 saturated carbocycles. The van der Waals surface area contributed by atoms with Crippen molar-refractivity contribution in [3.8, 4) is 0 Å². The first-order chi connectivity index (χ1) is 10.4. The van der Waals surface area contributed by atoms with Crippen LogP contribution >= 0.6 is 15.9 Å². The summed E-state index contributed by atoms with van der Waals surface area (Å²) < 4.78 is 0.827. The van der Waals surface area contributed by atoms with Crippen molar-refractivity contribution in [1.29, 1.82) is 0 Å². The van der Waals surface area contributed by atoms with Crippen molar-refractivity contribution in [2.24, 2.45) is 0 Å². The highest BCUT2D eigenvalue weighted by Crippen LogP contribution is 2.17. The molecule has 3 N–H and O–H groups in total. The van der Waals surface area contributed by atoms with Gasteiger partial charge in [-0.1, -0.05) is 28.1 Å². The standard InChI is InChI=1S/C15H19BrN2O4/c1-2-17-12(19)4-3-5-13(20)18-14(15(21)22)10-6-8-11(16)9-7-10/h6-9,14H,2-5H2,1H3,(H,17,19)(H,18,20)(H,21,22). The molecule has 0 aliphatic heterocycles. The van der Waals surface area contributed by atoms with Gasteiger partial charge in [0.2, 0.25) is 11.8 Å². The Hall–Kier alpha value is -1.89. The van der Waals surface area contributed by atoms with Crippen molar-refractivity contribution in [3.05, 3.63) is 34.3 Å². The Kier molecular flexibility index (Phi) is 7.59. The quantitative estimate of drug-likeness (QED) is 0.651. The maximum absolute atomic E-state index is 11.8. The number of halogens is 1. The average Bonchev–Trinajstić information content (AvgIpc) is 2.46. The first-order valence-electron chi connectivity index (χ1n) is 6.98. The maximum Gasteiger partial charge on any atom is 0.330 e. The number of carbonyl (C=O) groups excluding carboxylic acids is 2. The predicted molar refractivity (Wildman–Crippen MR) is 85.2 cm³/mol. The van der Waals surface area contributed by atoms with Crippen LogP contribution in [0.25, 0.3) is 0 Å². The minimum atomic E-state index is -1.13. The molecule has 1 aromatic rings. The zero-order valence-electron chi connectivity index (χ0n) is 12.3. The molecule has 0 aliphatic rings. The average molecular weight is 371 g/mol. The summed E-state index contributed by atoms with van der Waals surface area (Å²) in [6, 6.07) is 5.61. The minimum absolute atomic E-state index is 0.109. The topological polar surface area (TPSA) is 95.5 Å². The summed E-state index contributed by atoms with van der Waals surface area (Å²) >= 11 is 3.27. The van der Waals surface area contributed by atoms with Crippen LogP contribution in [0.15, 0.2) is 28.7 Å². The number of amides is 2. The number of carboxylic acid groups (broad SMARTS) is 1. The van der Waals surface area contributed by atoms with E-state index in [1.807, 2.05) is 6.92 Å². The Balaban J connectivity index is 2.53. The van der Waals surface area contributed by atoms with Gasteiger partial charge in [-0.25, -0.2) is 4.79 Å². The van der Waals surface area contributed by atoms with Crippen LogP contribution in [0.5, 0.6) is 0 Å². The molecular weight excluding hydrogens is 352 g/mol. The van der Waals surface area contributed by atoms with E-state index in [2.05, 4.69) is 26.6 Å². The van der Waals surface area contributed by atoms with Gasteiger partial charge in [0.05, 0.1) is 0 Å². The second-order valence-electron chi connectivity index (χ2n) is 4.70. The fourth-order valence-corrected chi connectivity index (χ4v) is 2.14. The van der Waals surface area contributed by atoms with Gasteiger partial charge in [-0.05, 0) is 31.0 Å². The highest BCUT2D eigenvalue weighted by atomic mass is 79.9. The van der Waals surface area contributed by atoms with Gasteiger partial charge in [-0.15, -0.1) is 0 Å². The Bertz CT molecular complexity index is 531. The molecule has 1 rings (SSSR count). The number of carboxylic acids is 1. The van der Waals surface area contributed by atoms with Crippen molar-refractivity contribution in [1.82, 2.24) is 10.6 Å². The van der Waals surface area contributed by atoms with Crippen LogP contribution in [0.4, 0.5) is 0 Å². The second kappa shape index (κ2) is 9.19. The predicted octanol–water partition coefficient (Wildman–Crippen LogP) is 2.00. The highest BCUT2D eigenvalue weighted by Gasteiger charge is 2.21. The van der Waals surface area contributed by atoms with E-state index in [0.29, 0.717) is 18.5 Å². The minimum Gasteiger partial charge on any atom is -0.479 e. The fraction of sp³-hybridized carbons (Fsp3) is 0.400. The number of aliphatic carboxylic acids is 1. The molecule has 22 heavy (non-hydrogen) atoms. The van der Waals surface area contributed by atoms with Gasteiger partial charge in [0.15, 0.2) is 6.04 Å². The number of benzene rings is 1. The Morgan fingerprint density at radius 3 is 2.27 bits per heavy atom. The van der Waals surface area contributed by atoms with Crippen molar-refractivity contribution in [3.63, 3.8) is 0 Å². The van der Waals surface area contributed by atoms with Crippen LogP contribution in [0.1, 0.15) is 37.8 Å². The molecule has 120 valence electrons.